The van der Waals surface area contributed by atoms with Crippen LogP contribution in [0.1, 0.15) is 49.4 Å². The van der Waals surface area contributed by atoms with Crippen molar-refractivity contribution in [2.75, 3.05) is 19.6 Å². The summed E-state index contributed by atoms with van der Waals surface area (Å²) in [6, 6.07) is 9.48. The number of fused-ring (bicyclic) bond motifs is 1. The number of hydrogen-bond acceptors (Lipinski definition) is 4. The highest BCUT2D eigenvalue weighted by molar-refractivity contribution is 5.73. The van der Waals surface area contributed by atoms with Crippen molar-refractivity contribution in [2.45, 2.75) is 52.5 Å². The zero-order valence-electron chi connectivity index (χ0n) is 20.1. The molecule has 0 amide bonds. The van der Waals surface area contributed by atoms with Crippen molar-refractivity contribution in [3.8, 4) is 11.5 Å². The van der Waals surface area contributed by atoms with Crippen molar-refractivity contribution in [2.24, 2.45) is 5.92 Å². The summed E-state index contributed by atoms with van der Waals surface area (Å²) >= 11 is 0. The minimum absolute atomic E-state index is 0.00304. The monoisotopic (exact) mass is 489 g/mol. The van der Waals surface area contributed by atoms with Gasteiger partial charge in [-0.1, -0.05) is 11.6 Å². The first-order valence-electron chi connectivity index (χ1n) is 11.8. The van der Waals surface area contributed by atoms with Crippen LogP contribution in [-0.4, -0.2) is 41.7 Å². The molecule has 0 unspecified atom stereocenters. The fraction of sp³-hybridized carbons (Fsp3) is 0.444. The maximum absolute atomic E-state index is 13.3. The molecule has 1 heterocycles. The summed E-state index contributed by atoms with van der Waals surface area (Å²) in [5.41, 5.74) is 4.43. The van der Waals surface area contributed by atoms with Gasteiger partial charge in [-0.15, -0.1) is 0 Å². The molecule has 0 spiro atoms. The van der Waals surface area contributed by atoms with E-state index in [1.807, 2.05) is 18.2 Å². The number of alkyl halides is 3. The average molecular weight is 490 g/mol. The molecule has 8 heteroatoms. The molecule has 188 valence electrons. The zero-order valence-corrected chi connectivity index (χ0v) is 20.1. The highest BCUT2D eigenvalue weighted by Crippen LogP contribution is 2.36. The molecule has 0 bridgehead atoms. The minimum Gasteiger partial charge on any atom is -0.491 e. The molecule has 1 saturated heterocycles. The van der Waals surface area contributed by atoms with E-state index in [0.717, 1.165) is 42.6 Å². The van der Waals surface area contributed by atoms with Gasteiger partial charge in [0.1, 0.15) is 18.1 Å². The lowest BCUT2D eigenvalue weighted by molar-refractivity contribution is -0.147. The van der Waals surface area contributed by atoms with Crippen LogP contribution in [0.15, 0.2) is 42.0 Å². The van der Waals surface area contributed by atoms with Crippen molar-refractivity contribution in [1.82, 2.24) is 4.90 Å². The lowest BCUT2D eigenvalue weighted by Gasteiger charge is -2.38. The van der Waals surface area contributed by atoms with Gasteiger partial charge >= 0.3 is 12.1 Å². The van der Waals surface area contributed by atoms with Crippen molar-refractivity contribution in [1.29, 1.82) is 0 Å². The number of aryl methyl sites for hydroxylation is 1. The van der Waals surface area contributed by atoms with Crippen LogP contribution in [0.25, 0.3) is 5.57 Å². The summed E-state index contributed by atoms with van der Waals surface area (Å²) in [5, 5.41) is 9.07. The van der Waals surface area contributed by atoms with Gasteiger partial charge in [-0.05, 0) is 86.2 Å². The minimum atomic E-state index is -4.47. The molecule has 0 atom stereocenters. The molecule has 0 aromatic heterocycles. The molecule has 2 aromatic carbocycles. The fourth-order valence-corrected chi connectivity index (χ4v) is 4.63. The third-order valence-electron chi connectivity index (χ3n) is 6.50. The molecule has 0 radical (unpaired) electrons. The number of halogens is 3. The summed E-state index contributed by atoms with van der Waals surface area (Å²) in [6.07, 6.45) is -2.98. The van der Waals surface area contributed by atoms with Crippen molar-refractivity contribution in [3.05, 3.63) is 64.2 Å². The molecule has 4 rings (SSSR count). The quantitative estimate of drug-likeness (QED) is 0.507. The Bertz CT molecular complexity index is 1130. The van der Waals surface area contributed by atoms with Crippen molar-refractivity contribution < 1.29 is 32.5 Å². The van der Waals surface area contributed by atoms with Gasteiger partial charge in [-0.3, -0.25) is 9.69 Å². The van der Waals surface area contributed by atoms with E-state index < -0.39 is 17.7 Å². The van der Waals surface area contributed by atoms with Crippen molar-refractivity contribution in [3.63, 3.8) is 0 Å². The number of allylic oxidation sites excluding steroid dienone is 1. The first-order valence-corrected chi connectivity index (χ1v) is 11.8. The highest BCUT2D eigenvalue weighted by Gasteiger charge is 2.33. The van der Waals surface area contributed by atoms with Crippen LogP contribution >= 0.6 is 0 Å². The van der Waals surface area contributed by atoms with E-state index in [-0.39, 0.29) is 24.4 Å². The molecule has 0 saturated carbocycles. The maximum atomic E-state index is 13.3. The first-order chi connectivity index (χ1) is 16.5. The lowest BCUT2D eigenvalue weighted by Crippen LogP contribution is -2.50. The predicted molar refractivity (Wildman–Crippen MR) is 126 cm³/mol. The van der Waals surface area contributed by atoms with Gasteiger partial charge in [0.05, 0.1) is 17.6 Å². The fourth-order valence-electron chi connectivity index (χ4n) is 4.63. The predicted octanol–water partition coefficient (Wildman–Crippen LogP) is 5.81. The molecule has 2 aromatic rings. The molecule has 1 N–H and O–H groups in total. The summed E-state index contributed by atoms with van der Waals surface area (Å²) in [4.78, 5) is 13.2. The molecule has 5 nitrogen and oxygen atoms in total. The number of likely N-dealkylation sites (tertiary alicyclic amines) is 1. The Morgan fingerprint density at radius 3 is 2.51 bits per heavy atom. The van der Waals surface area contributed by atoms with E-state index in [1.54, 1.807) is 19.9 Å². The van der Waals surface area contributed by atoms with Gasteiger partial charge < -0.3 is 14.6 Å². The molecular weight excluding hydrogens is 459 g/mol. The third kappa shape index (κ3) is 5.99. The maximum Gasteiger partial charge on any atom is 0.416 e. The Morgan fingerprint density at radius 2 is 1.86 bits per heavy atom. The van der Waals surface area contributed by atoms with Crippen LogP contribution in [-0.2, 0) is 24.0 Å². The standard InChI is InChI=1S/C27H30F3NO4/c1-16(2)35-24-9-18(8-22(11-24)27(28,29)30)15-34-23-6-7-25-17(3)20(5-4-19(25)10-23)12-31-13-21(14-31)26(32)33/h6-11,16,21H,4-5,12-15H2,1-3H3,(H,32,33). The van der Waals surface area contributed by atoms with Gasteiger partial charge in [-0.2, -0.15) is 13.2 Å². The number of carboxylic acid groups (broad SMARTS) is 1. The number of benzene rings is 2. The number of carbonyl (C=O) groups is 1. The second-order valence-corrected chi connectivity index (χ2v) is 9.60. The van der Waals surface area contributed by atoms with E-state index >= 15 is 0 Å². The van der Waals surface area contributed by atoms with E-state index in [2.05, 4.69) is 11.8 Å². The smallest absolute Gasteiger partial charge is 0.416 e. The highest BCUT2D eigenvalue weighted by atomic mass is 19.4. The summed E-state index contributed by atoms with van der Waals surface area (Å²) in [6.45, 7) is 7.57. The summed E-state index contributed by atoms with van der Waals surface area (Å²) in [5.74, 6) is -0.224. The van der Waals surface area contributed by atoms with Crippen LogP contribution < -0.4 is 9.47 Å². The topological polar surface area (TPSA) is 59.0 Å². The number of rotatable bonds is 8. The average Bonchev–Trinajstić information content (AvgIpc) is 2.74. The Hall–Kier alpha value is -3.00. The molecule has 1 fully saturated rings. The number of carboxylic acids is 1. The Labute approximate surface area is 203 Å². The largest absolute Gasteiger partial charge is 0.491 e. The van der Waals surface area contributed by atoms with E-state index in [9.17, 15) is 18.0 Å². The molecular formula is C27H30F3NO4. The lowest BCUT2D eigenvalue weighted by atomic mass is 9.85. The summed E-state index contributed by atoms with van der Waals surface area (Å²) < 4.78 is 51.4. The first kappa shape index (κ1) is 25.1. The summed E-state index contributed by atoms with van der Waals surface area (Å²) in [7, 11) is 0. The number of aliphatic carboxylic acids is 1. The molecule has 35 heavy (non-hydrogen) atoms. The van der Waals surface area contributed by atoms with Crippen LogP contribution in [0, 0.1) is 5.92 Å². The van der Waals surface area contributed by atoms with Crippen LogP contribution in [0.5, 0.6) is 11.5 Å². The van der Waals surface area contributed by atoms with Crippen molar-refractivity contribution >= 4 is 11.5 Å². The van der Waals surface area contributed by atoms with Gasteiger partial charge in [0.25, 0.3) is 0 Å². The number of hydrogen-bond donors (Lipinski definition) is 1. The molecule has 1 aliphatic heterocycles. The third-order valence-corrected chi connectivity index (χ3v) is 6.50. The van der Waals surface area contributed by atoms with E-state index in [0.29, 0.717) is 24.4 Å². The second kappa shape index (κ2) is 9.93. The molecule has 2 aliphatic rings. The second-order valence-electron chi connectivity index (χ2n) is 9.60. The Balaban J connectivity index is 1.44. The van der Waals surface area contributed by atoms with Gasteiger partial charge in [0.15, 0.2) is 0 Å². The number of nitrogens with zero attached hydrogens (tertiary/aromatic N) is 1. The van der Waals surface area contributed by atoms with Gasteiger partial charge in [0, 0.05) is 19.6 Å². The van der Waals surface area contributed by atoms with Gasteiger partial charge in [-0.25, -0.2) is 0 Å². The SMILES string of the molecule is CC1=C(CN2CC(C(=O)O)C2)CCc2cc(OCc3cc(OC(C)C)cc(C(F)(F)F)c3)ccc21. The number of ether oxygens (including phenoxy) is 2. The zero-order chi connectivity index (χ0) is 25.3. The van der Waals surface area contributed by atoms with Crippen LogP contribution in [0.3, 0.4) is 0 Å². The normalized spacial score (nSPS) is 16.8. The Morgan fingerprint density at radius 1 is 1.11 bits per heavy atom. The molecule has 1 aliphatic carbocycles. The van der Waals surface area contributed by atoms with Crippen LogP contribution in [0.4, 0.5) is 13.2 Å². The van der Waals surface area contributed by atoms with E-state index in [4.69, 9.17) is 14.6 Å². The van der Waals surface area contributed by atoms with Gasteiger partial charge in [0.2, 0.25) is 0 Å². The van der Waals surface area contributed by atoms with Crippen LogP contribution in [0.2, 0.25) is 0 Å². The Kier molecular flexibility index (Phi) is 7.12. The van der Waals surface area contributed by atoms with E-state index in [1.165, 1.54) is 11.1 Å².